The van der Waals surface area contributed by atoms with Crippen LogP contribution >= 0.6 is 0 Å². The van der Waals surface area contributed by atoms with Gasteiger partial charge in [0, 0.05) is 19.3 Å². The Hall–Kier alpha value is -4.33. The lowest BCUT2D eigenvalue weighted by atomic mass is 10.2. The van der Waals surface area contributed by atoms with Gasteiger partial charge in [-0.2, -0.15) is 0 Å². The summed E-state index contributed by atoms with van der Waals surface area (Å²) in [6, 6.07) is 20.8. The Morgan fingerprint density at radius 2 is 1.58 bits per heavy atom. The van der Waals surface area contributed by atoms with Crippen LogP contribution in [0.5, 0.6) is 11.5 Å². The number of benzene rings is 3. The Morgan fingerprint density at radius 3 is 2.30 bits per heavy atom. The SMILES string of the molecule is COc1ccccc1C(=O)Nc1ccc(OC(=O)CCn2c(=O)n(C)c3ccccc32)cc1. The summed E-state index contributed by atoms with van der Waals surface area (Å²) in [5.41, 5.74) is 2.36. The lowest BCUT2D eigenvalue weighted by Gasteiger charge is -2.10. The fourth-order valence-electron chi connectivity index (χ4n) is 3.60. The zero-order chi connectivity index (χ0) is 23.4. The first-order valence-electron chi connectivity index (χ1n) is 10.4. The van der Waals surface area contributed by atoms with Gasteiger partial charge in [-0.15, -0.1) is 0 Å². The molecule has 168 valence electrons. The average molecular weight is 445 g/mol. The topological polar surface area (TPSA) is 91.6 Å². The third-order valence-electron chi connectivity index (χ3n) is 5.29. The number of ether oxygens (including phenoxy) is 2. The summed E-state index contributed by atoms with van der Waals surface area (Å²) >= 11 is 0. The molecule has 0 aliphatic heterocycles. The van der Waals surface area contributed by atoms with E-state index in [1.807, 2.05) is 24.3 Å². The van der Waals surface area contributed by atoms with Gasteiger partial charge in [-0.05, 0) is 48.5 Å². The van der Waals surface area contributed by atoms with Gasteiger partial charge in [-0.1, -0.05) is 24.3 Å². The molecule has 4 aromatic rings. The highest BCUT2D eigenvalue weighted by atomic mass is 16.5. The van der Waals surface area contributed by atoms with Gasteiger partial charge in [0.2, 0.25) is 0 Å². The van der Waals surface area contributed by atoms with Gasteiger partial charge in [-0.25, -0.2) is 4.79 Å². The molecule has 3 aromatic carbocycles. The van der Waals surface area contributed by atoms with Gasteiger partial charge >= 0.3 is 11.7 Å². The Morgan fingerprint density at radius 1 is 0.909 bits per heavy atom. The van der Waals surface area contributed by atoms with E-state index in [-0.39, 0.29) is 24.6 Å². The molecular formula is C25H23N3O5. The molecule has 0 bridgehead atoms. The van der Waals surface area contributed by atoms with Gasteiger partial charge in [0.1, 0.15) is 11.5 Å². The van der Waals surface area contributed by atoms with Crippen molar-refractivity contribution in [2.24, 2.45) is 7.05 Å². The Labute approximate surface area is 190 Å². The number of carbonyl (C=O) groups is 2. The number of aryl methyl sites for hydroxylation is 2. The molecular weight excluding hydrogens is 422 g/mol. The molecule has 0 fully saturated rings. The van der Waals surface area contributed by atoms with Gasteiger partial charge in [0.25, 0.3) is 5.91 Å². The first kappa shape index (κ1) is 21.9. The summed E-state index contributed by atoms with van der Waals surface area (Å²) in [5, 5.41) is 2.79. The number of rotatable bonds is 7. The summed E-state index contributed by atoms with van der Waals surface area (Å²) in [5.74, 6) is 0.0600. The average Bonchev–Trinajstić information content (AvgIpc) is 3.08. The van der Waals surface area contributed by atoms with Crippen molar-refractivity contribution in [3.8, 4) is 11.5 Å². The molecule has 1 N–H and O–H groups in total. The number of fused-ring (bicyclic) bond motifs is 1. The largest absolute Gasteiger partial charge is 0.496 e. The van der Waals surface area contributed by atoms with Crippen LogP contribution in [0.4, 0.5) is 5.69 Å². The summed E-state index contributed by atoms with van der Waals surface area (Å²) in [6.07, 6.45) is 0.0419. The van der Waals surface area contributed by atoms with Crippen molar-refractivity contribution in [3.63, 3.8) is 0 Å². The highest BCUT2D eigenvalue weighted by Crippen LogP contribution is 2.21. The second-order valence-electron chi connectivity index (χ2n) is 7.38. The number of nitrogens with zero attached hydrogens (tertiary/aromatic N) is 2. The maximum absolute atomic E-state index is 12.5. The standard InChI is InChI=1S/C25H23N3O5/c1-27-20-8-4-5-9-21(20)28(25(27)31)16-15-23(29)33-18-13-11-17(12-14-18)26-24(30)19-7-3-6-10-22(19)32-2/h3-14H,15-16H2,1-2H3,(H,26,30). The van der Waals surface area contributed by atoms with E-state index in [0.717, 1.165) is 11.0 Å². The molecule has 0 saturated carbocycles. The van der Waals surface area contributed by atoms with Crippen LogP contribution in [0.3, 0.4) is 0 Å². The molecule has 8 heteroatoms. The number of nitrogens with one attached hydrogen (secondary N) is 1. The highest BCUT2D eigenvalue weighted by molar-refractivity contribution is 6.06. The molecule has 0 atom stereocenters. The van der Waals surface area contributed by atoms with Gasteiger partial charge < -0.3 is 14.8 Å². The molecule has 0 aliphatic carbocycles. The number of aromatic nitrogens is 2. The van der Waals surface area contributed by atoms with Crippen LogP contribution in [0.1, 0.15) is 16.8 Å². The number of hydrogen-bond donors (Lipinski definition) is 1. The number of imidazole rings is 1. The van der Waals surface area contributed by atoms with Crippen LogP contribution in [0.2, 0.25) is 0 Å². The lowest BCUT2D eigenvalue weighted by molar-refractivity contribution is -0.134. The molecule has 1 aromatic heterocycles. The van der Waals surface area contributed by atoms with Crippen LogP contribution in [0.15, 0.2) is 77.6 Å². The van der Waals surface area contributed by atoms with E-state index < -0.39 is 5.97 Å². The predicted octanol–water partition coefficient (Wildman–Crippen LogP) is 3.60. The third kappa shape index (κ3) is 4.64. The van der Waals surface area contributed by atoms with E-state index in [4.69, 9.17) is 9.47 Å². The minimum Gasteiger partial charge on any atom is -0.496 e. The number of para-hydroxylation sites is 3. The first-order chi connectivity index (χ1) is 16.0. The van der Waals surface area contributed by atoms with Crippen LogP contribution in [0, 0.1) is 0 Å². The summed E-state index contributed by atoms with van der Waals surface area (Å²) in [6.45, 7) is 0.214. The first-order valence-corrected chi connectivity index (χ1v) is 10.4. The number of carbonyl (C=O) groups excluding carboxylic acids is 2. The maximum atomic E-state index is 12.5. The molecule has 0 saturated heterocycles. The smallest absolute Gasteiger partial charge is 0.328 e. The molecule has 1 heterocycles. The normalized spacial score (nSPS) is 10.7. The van der Waals surface area contributed by atoms with Crippen molar-refractivity contribution in [1.29, 1.82) is 0 Å². The second kappa shape index (κ2) is 9.44. The van der Waals surface area contributed by atoms with Crippen molar-refractivity contribution in [2.75, 3.05) is 12.4 Å². The Kier molecular flexibility index (Phi) is 6.26. The highest BCUT2D eigenvalue weighted by Gasteiger charge is 2.14. The lowest BCUT2D eigenvalue weighted by Crippen LogP contribution is -2.24. The molecule has 0 radical (unpaired) electrons. The van der Waals surface area contributed by atoms with E-state index in [1.54, 1.807) is 64.7 Å². The second-order valence-corrected chi connectivity index (χ2v) is 7.38. The molecule has 1 amide bonds. The number of methoxy groups -OCH3 is 1. The minimum absolute atomic E-state index is 0.0419. The summed E-state index contributed by atoms with van der Waals surface area (Å²) < 4.78 is 13.7. The van der Waals surface area contributed by atoms with Crippen molar-refractivity contribution in [3.05, 3.63) is 88.8 Å². The zero-order valence-electron chi connectivity index (χ0n) is 18.3. The minimum atomic E-state index is -0.458. The maximum Gasteiger partial charge on any atom is 0.328 e. The molecule has 0 spiro atoms. The van der Waals surface area contributed by atoms with Crippen molar-refractivity contribution < 1.29 is 19.1 Å². The number of amides is 1. The van der Waals surface area contributed by atoms with Crippen LogP contribution in [-0.2, 0) is 18.4 Å². The fourth-order valence-corrected chi connectivity index (χ4v) is 3.60. The van der Waals surface area contributed by atoms with Gasteiger partial charge in [0.15, 0.2) is 0 Å². The van der Waals surface area contributed by atoms with Gasteiger partial charge in [-0.3, -0.25) is 18.7 Å². The summed E-state index contributed by atoms with van der Waals surface area (Å²) in [4.78, 5) is 37.3. The number of hydrogen-bond acceptors (Lipinski definition) is 5. The van der Waals surface area contributed by atoms with Crippen LogP contribution in [0.25, 0.3) is 11.0 Å². The van der Waals surface area contributed by atoms with Crippen molar-refractivity contribution in [1.82, 2.24) is 9.13 Å². The Bertz CT molecular complexity index is 1370. The van der Waals surface area contributed by atoms with Crippen LogP contribution in [-0.4, -0.2) is 28.1 Å². The van der Waals surface area contributed by atoms with Crippen LogP contribution < -0.4 is 20.5 Å². The van der Waals surface area contributed by atoms with E-state index in [2.05, 4.69) is 5.32 Å². The van der Waals surface area contributed by atoms with Gasteiger partial charge in [0.05, 0.1) is 30.1 Å². The Balaban J connectivity index is 1.37. The number of esters is 1. The third-order valence-corrected chi connectivity index (χ3v) is 5.29. The molecule has 0 unspecified atom stereocenters. The zero-order valence-corrected chi connectivity index (χ0v) is 18.3. The van der Waals surface area contributed by atoms with Crippen molar-refractivity contribution in [2.45, 2.75) is 13.0 Å². The van der Waals surface area contributed by atoms with E-state index >= 15 is 0 Å². The monoisotopic (exact) mass is 445 g/mol. The van der Waals surface area contributed by atoms with E-state index in [1.165, 1.54) is 7.11 Å². The van der Waals surface area contributed by atoms with E-state index in [9.17, 15) is 14.4 Å². The molecule has 8 nitrogen and oxygen atoms in total. The van der Waals surface area contributed by atoms with Crippen molar-refractivity contribution >= 4 is 28.6 Å². The fraction of sp³-hybridized carbons (Fsp3) is 0.160. The summed E-state index contributed by atoms with van der Waals surface area (Å²) in [7, 11) is 3.21. The molecule has 4 rings (SSSR count). The molecule has 33 heavy (non-hydrogen) atoms. The molecule has 0 aliphatic rings. The van der Waals surface area contributed by atoms with E-state index in [0.29, 0.717) is 22.7 Å². The quantitative estimate of drug-likeness (QED) is 0.347. The predicted molar refractivity (Wildman–Crippen MR) is 125 cm³/mol. The number of anilines is 1.